The normalized spacial score (nSPS) is 15.9. The number of fused-ring (bicyclic) bond motifs is 1. The van der Waals surface area contributed by atoms with E-state index in [9.17, 15) is 34.5 Å². The van der Waals surface area contributed by atoms with Crippen molar-refractivity contribution < 1.29 is 34.5 Å². The van der Waals surface area contributed by atoms with E-state index in [0.717, 1.165) is 17.0 Å². The van der Waals surface area contributed by atoms with Crippen molar-refractivity contribution in [2.45, 2.75) is 0 Å². The molecule has 0 radical (unpaired) electrons. The first kappa shape index (κ1) is 20.2. The number of phenolic OH excluding ortho intramolecular Hbond substituents is 3. The molecule has 2 heterocycles. The third kappa shape index (κ3) is 3.52. The monoisotopic (exact) mass is 425 g/mol. The third-order valence-electron chi connectivity index (χ3n) is 5.41. The molecule has 1 fully saturated rings. The van der Waals surface area contributed by atoms with Crippen LogP contribution in [-0.2, 0) is 4.79 Å². The van der Waals surface area contributed by atoms with Gasteiger partial charge in [-0.3, -0.25) is 24.1 Å². The van der Waals surface area contributed by atoms with Crippen molar-refractivity contribution in [3.63, 3.8) is 0 Å². The predicted molar refractivity (Wildman–Crippen MR) is 106 cm³/mol. The molecular formula is C21H19N3O7. The highest BCUT2D eigenvalue weighted by Gasteiger charge is 2.37. The number of amides is 4. The van der Waals surface area contributed by atoms with Gasteiger partial charge in [0.15, 0.2) is 17.2 Å². The molecule has 1 saturated heterocycles. The van der Waals surface area contributed by atoms with Gasteiger partial charge >= 0.3 is 0 Å². The van der Waals surface area contributed by atoms with Crippen LogP contribution in [0.3, 0.4) is 0 Å². The van der Waals surface area contributed by atoms with Gasteiger partial charge < -0.3 is 25.1 Å². The van der Waals surface area contributed by atoms with Gasteiger partial charge in [0.1, 0.15) is 6.54 Å². The summed E-state index contributed by atoms with van der Waals surface area (Å²) in [7, 11) is 0. The molecule has 0 bridgehead atoms. The summed E-state index contributed by atoms with van der Waals surface area (Å²) >= 11 is 0. The number of phenols is 3. The van der Waals surface area contributed by atoms with E-state index in [1.54, 1.807) is 24.3 Å². The largest absolute Gasteiger partial charge is 0.504 e. The number of aromatic hydroxyl groups is 3. The van der Waals surface area contributed by atoms with Gasteiger partial charge in [-0.1, -0.05) is 12.1 Å². The molecule has 0 unspecified atom stereocenters. The zero-order chi connectivity index (χ0) is 22.3. The lowest BCUT2D eigenvalue weighted by atomic mass is 10.1. The maximum Gasteiger partial charge on any atom is 0.262 e. The van der Waals surface area contributed by atoms with E-state index in [1.165, 1.54) is 9.80 Å². The molecule has 2 aromatic rings. The Kier molecular flexibility index (Phi) is 4.97. The number of imide groups is 1. The molecule has 10 nitrogen and oxygen atoms in total. The summed E-state index contributed by atoms with van der Waals surface area (Å²) in [5.74, 6) is -3.82. The Morgan fingerprint density at radius 1 is 0.806 bits per heavy atom. The minimum absolute atomic E-state index is 0.00130. The standard InChI is InChI=1S/C21H19N3O7/c25-15-9-12(10-16(26)18(15)28)19(29)23-7-5-22(6-8-23)17(27)11-24-20(30)13-3-1-2-4-14(13)21(24)31/h1-4,9-10,25-26,28H,5-8,11H2. The van der Waals surface area contributed by atoms with Crippen LogP contribution in [0.4, 0.5) is 0 Å². The van der Waals surface area contributed by atoms with Gasteiger partial charge in [-0.25, -0.2) is 0 Å². The van der Waals surface area contributed by atoms with Crippen molar-refractivity contribution in [2.24, 2.45) is 0 Å². The van der Waals surface area contributed by atoms with Crippen LogP contribution in [0.15, 0.2) is 36.4 Å². The molecular weight excluding hydrogens is 406 g/mol. The van der Waals surface area contributed by atoms with Gasteiger partial charge in [-0.05, 0) is 24.3 Å². The minimum atomic E-state index is -0.708. The fourth-order valence-corrected chi connectivity index (χ4v) is 3.69. The Morgan fingerprint density at radius 3 is 1.81 bits per heavy atom. The molecule has 0 aliphatic carbocycles. The molecule has 2 aliphatic rings. The van der Waals surface area contributed by atoms with Crippen LogP contribution in [0.25, 0.3) is 0 Å². The van der Waals surface area contributed by atoms with Crippen LogP contribution in [0.5, 0.6) is 17.2 Å². The van der Waals surface area contributed by atoms with Gasteiger partial charge in [-0.2, -0.15) is 0 Å². The smallest absolute Gasteiger partial charge is 0.262 e. The van der Waals surface area contributed by atoms with E-state index in [1.807, 2.05) is 0 Å². The first-order valence-electron chi connectivity index (χ1n) is 9.55. The molecule has 4 rings (SSSR count). The Hall–Kier alpha value is -4.08. The highest BCUT2D eigenvalue weighted by Crippen LogP contribution is 2.35. The number of piperazine rings is 1. The lowest BCUT2D eigenvalue weighted by Crippen LogP contribution is -2.53. The Bertz CT molecular complexity index is 1050. The summed E-state index contributed by atoms with van der Waals surface area (Å²) < 4.78 is 0. The number of carbonyl (C=O) groups excluding carboxylic acids is 4. The summed E-state index contributed by atoms with van der Waals surface area (Å²) in [5.41, 5.74) is 0.547. The third-order valence-corrected chi connectivity index (χ3v) is 5.41. The van der Waals surface area contributed by atoms with Crippen LogP contribution in [-0.4, -0.2) is 86.4 Å². The van der Waals surface area contributed by atoms with E-state index in [2.05, 4.69) is 0 Å². The Morgan fingerprint density at radius 2 is 1.29 bits per heavy atom. The van der Waals surface area contributed by atoms with Crippen LogP contribution < -0.4 is 0 Å². The summed E-state index contributed by atoms with van der Waals surface area (Å²) in [6.07, 6.45) is 0. The Labute approximate surface area is 176 Å². The van der Waals surface area contributed by atoms with E-state index < -0.39 is 40.9 Å². The minimum Gasteiger partial charge on any atom is -0.504 e. The lowest BCUT2D eigenvalue weighted by Gasteiger charge is -2.35. The fraction of sp³-hybridized carbons (Fsp3) is 0.238. The second-order valence-corrected chi connectivity index (χ2v) is 7.28. The molecule has 4 amide bonds. The first-order valence-corrected chi connectivity index (χ1v) is 9.55. The molecule has 10 heteroatoms. The number of benzene rings is 2. The van der Waals surface area contributed by atoms with Crippen molar-refractivity contribution >= 4 is 23.6 Å². The average Bonchev–Trinajstić information content (AvgIpc) is 3.01. The molecule has 2 aliphatic heterocycles. The molecule has 31 heavy (non-hydrogen) atoms. The summed E-state index contributed by atoms with van der Waals surface area (Å²) in [6.45, 7) is 0.401. The van der Waals surface area contributed by atoms with Gasteiger partial charge in [0.2, 0.25) is 5.91 Å². The topological polar surface area (TPSA) is 139 Å². The highest BCUT2D eigenvalue weighted by molar-refractivity contribution is 6.22. The van der Waals surface area contributed by atoms with Gasteiger partial charge in [0.05, 0.1) is 11.1 Å². The maximum absolute atomic E-state index is 12.7. The molecule has 2 aromatic carbocycles. The van der Waals surface area contributed by atoms with Crippen molar-refractivity contribution in [1.82, 2.24) is 14.7 Å². The number of nitrogens with zero attached hydrogens (tertiary/aromatic N) is 3. The second-order valence-electron chi connectivity index (χ2n) is 7.28. The number of carbonyl (C=O) groups is 4. The maximum atomic E-state index is 12.7. The summed E-state index contributed by atoms with van der Waals surface area (Å²) in [4.78, 5) is 53.9. The van der Waals surface area contributed by atoms with E-state index >= 15 is 0 Å². The molecule has 3 N–H and O–H groups in total. The van der Waals surface area contributed by atoms with Gasteiger partial charge in [0, 0.05) is 31.7 Å². The van der Waals surface area contributed by atoms with Crippen LogP contribution >= 0.6 is 0 Å². The highest BCUT2D eigenvalue weighted by atomic mass is 16.3. The number of hydrogen-bond acceptors (Lipinski definition) is 7. The van der Waals surface area contributed by atoms with E-state index in [4.69, 9.17) is 0 Å². The van der Waals surface area contributed by atoms with Crippen molar-refractivity contribution in [3.8, 4) is 17.2 Å². The average molecular weight is 425 g/mol. The predicted octanol–water partition coefficient (Wildman–Crippen LogP) is 0.384. The number of hydrogen-bond donors (Lipinski definition) is 3. The molecule has 0 aromatic heterocycles. The van der Waals surface area contributed by atoms with Gasteiger partial charge in [0.25, 0.3) is 17.7 Å². The zero-order valence-electron chi connectivity index (χ0n) is 16.3. The van der Waals surface area contributed by atoms with Crippen molar-refractivity contribution in [1.29, 1.82) is 0 Å². The lowest BCUT2D eigenvalue weighted by molar-refractivity contribution is -0.132. The van der Waals surface area contributed by atoms with E-state index in [0.29, 0.717) is 0 Å². The zero-order valence-corrected chi connectivity index (χ0v) is 16.3. The van der Waals surface area contributed by atoms with Crippen LogP contribution in [0, 0.1) is 0 Å². The first-order chi connectivity index (χ1) is 14.8. The number of rotatable bonds is 3. The van der Waals surface area contributed by atoms with E-state index in [-0.39, 0.29) is 49.4 Å². The van der Waals surface area contributed by atoms with Crippen molar-refractivity contribution in [2.75, 3.05) is 32.7 Å². The molecule has 160 valence electrons. The van der Waals surface area contributed by atoms with Crippen LogP contribution in [0.2, 0.25) is 0 Å². The van der Waals surface area contributed by atoms with Gasteiger partial charge in [-0.15, -0.1) is 0 Å². The molecule has 0 atom stereocenters. The van der Waals surface area contributed by atoms with Crippen molar-refractivity contribution in [3.05, 3.63) is 53.1 Å². The SMILES string of the molecule is O=C(CN1C(=O)c2ccccc2C1=O)N1CCN(C(=O)c2cc(O)c(O)c(O)c2)CC1. The summed E-state index contributed by atoms with van der Waals surface area (Å²) in [6, 6.07) is 8.50. The molecule has 0 saturated carbocycles. The Balaban J connectivity index is 1.37. The molecule has 0 spiro atoms. The quantitative estimate of drug-likeness (QED) is 0.477. The summed E-state index contributed by atoms with van der Waals surface area (Å²) in [5, 5.41) is 28.6. The fourth-order valence-electron chi connectivity index (χ4n) is 3.69. The second kappa shape index (κ2) is 7.63. The van der Waals surface area contributed by atoms with Crippen LogP contribution in [0.1, 0.15) is 31.1 Å².